The number of halogens is 4. The maximum Gasteiger partial charge on any atom is 0.329 e. The summed E-state index contributed by atoms with van der Waals surface area (Å²) in [6.45, 7) is 16.2. The number of nitrogens with two attached hydrogens (primary N) is 2. The number of azide groups is 1. The van der Waals surface area contributed by atoms with E-state index in [4.69, 9.17) is 48.2 Å². The summed E-state index contributed by atoms with van der Waals surface area (Å²) in [7, 11) is 0.909. The predicted octanol–water partition coefficient (Wildman–Crippen LogP) is 11.9. The van der Waals surface area contributed by atoms with E-state index in [0.29, 0.717) is 22.4 Å². The minimum absolute atomic E-state index is 0. The summed E-state index contributed by atoms with van der Waals surface area (Å²) in [5.74, 6) is 5.06. The zero-order chi connectivity index (χ0) is 67.0. The van der Waals surface area contributed by atoms with Crippen LogP contribution in [0.3, 0.4) is 0 Å². The first-order valence-corrected chi connectivity index (χ1v) is 39.5. The van der Waals surface area contributed by atoms with Gasteiger partial charge in [0.05, 0.1) is 65.5 Å². The van der Waals surface area contributed by atoms with Gasteiger partial charge in [-0.1, -0.05) is 122 Å². The molecule has 3 aliphatic heterocycles. The molecule has 8 aromatic heterocycles. The Kier molecular flexibility index (Phi) is 34.1. The summed E-state index contributed by atoms with van der Waals surface area (Å²) in [6, 6.07) is 37.3. The predicted molar refractivity (Wildman–Crippen MR) is 403 cm³/mol. The molecule has 504 valence electrons. The largest absolute Gasteiger partial charge is 0.346 e. The van der Waals surface area contributed by atoms with Crippen LogP contribution in [0.25, 0.3) is 41.1 Å². The quantitative estimate of drug-likeness (QED) is 0.0256. The number of rotatable bonds is 12. The summed E-state index contributed by atoms with van der Waals surface area (Å²) in [5, 5.41) is 22.0. The van der Waals surface area contributed by atoms with Crippen molar-refractivity contribution in [1.29, 1.82) is 0 Å². The van der Waals surface area contributed by atoms with Crippen LogP contribution in [0.5, 0.6) is 0 Å². The molecule has 3 aromatic carbocycles. The lowest BCUT2D eigenvalue weighted by Gasteiger charge is -2.34. The molecule has 0 amide bonds. The van der Waals surface area contributed by atoms with Crippen LogP contribution in [0.4, 0.5) is 15.4 Å². The van der Waals surface area contributed by atoms with Crippen LogP contribution < -0.4 is 31.5 Å². The summed E-state index contributed by atoms with van der Waals surface area (Å²) in [6.07, 6.45) is 15.4. The molecule has 3 saturated heterocycles. The Morgan fingerprint density at radius 2 is 1.05 bits per heavy atom. The lowest BCUT2D eigenvalue weighted by atomic mass is 10.3. The third-order valence-corrected chi connectivity index (χ3v) is 20.6. The SMILES string of the molecule is C#CCBr.C#CCN1CCN(c2nc3ccccc3s2)CC1.Cl.NCc1cccs1.NCc1cccs1.O=S(=O)(Cl)Cl.[N-]=[N+]=NS(=O)(=O)n1ccnc1.c1ccc2sc(N3CCNCC3)nc2c1.c1csc(Cn2nncc2CN2CCN(c3nc4ccccc4s3)CC2)c1. The average molecular weight is 1560 g/mol. The number of thiophene rings is 3. The van der Waals surface area contributed by atoms with E-state index in [1.807, 2.05) is 58.0 Å². The first-order valence-electron chi connectivity index (χ1n) is 28.8. The first-order chi connectivity index (χ1) is 45.6. The van der Waals surface area contributed by atoms with Gasteiger partial charge in [0.1, 0.15) is 6.33 Å². The number of nitrogens with zero attached hydrogens (tertiary/aromatic N) is 16. The van der Waals surface area contributed by atoms with Crippen molar-refractivity contribution in [2.75, 3.05) is 105 Å². The van der Waals surface area contributed by atoms with Crippen LogP contribution in [0.1, 0.15) is 20.3 Å². The van der Waals surface area contributed by atoms with Gasteiger partial charge in [-0.3, -0.25) is 9.80 Å². The van der Waals surface area contributed by atoms with Gasteiger partial charge in [-0.25, -0.2) is 28.6 Å². The highest BCUT2D eigenvalue weighted by atomic mass is 79.9. The zero-order valence-corrected chi connectivity index (χ0v) is 61.5. The number of para-hydroxylation sites is 3. The molecule has 11 heterocycles. The van der Waals surface area contributed by atoms with Gasteiger partial charge in [-0.15, -0.1) is 64.4 Å². The zero-order valence-electron chi connectivity index (χ0n) is 51.1. The van der Waals surface area contributed by atoms with Gasteiger partial charge >= 0.3 is 18.5 Å². The van der Waals surface area contributed by atoms with Gasteiger partial charge < -0.3 is 31.5 Å². The molecule has 0 saturated carbocycles. The number of aromatic nitrogens is 8. The summed E-state index contributed by atoms with van der Waals surface area (Å²) >= 11 is 13.5. The minimum atomic E-state index is -3.90. The molecule has 0 unspecified atom stereocenters. The second kappa shape index (κ2) is 41.7. The maximum absolute atomic E-state index is 10.8. The van der Waals surface area contributed by atoms with E-state index in [2.05, 4.69) is 187 Å². The molecule has 0 radical (unpaired) electrons. The third kappa shape index (κ3) is 26.9. The summed E-state index contributed by atoms with van der Waals surface area (Å²) < 4.78 is 49.0. The van der Waals surface area contributed by atoms with Gasteiger partial charge in [-0.2, -0.15) is 16.8 Å². The standard InChI is InChI=1S/C19H20N6S2.C14H15N3S.C11H13N3S.2C5H7NS.C3H3Br.C3H3N5O2S.Cl2O2S.ClH/c1-2-6-18-17(5-1)21-19(27-18)24-9-7-23(8-10-24)13-15-12-20-22-25(15)14-16-4-3-11-26-16;1-2-7-16-8-10-17(11-9-16)14-15-12-5-3-4-6-13(12)18-14;1-2-4-10-9(3-1)13-11(15-10)14-7-5-12-6-8-14;2*6-4-5-2-1-3-7-5;1-2-3-4;4-6-7-11(9,10)8-2-1-5-3-8;1-5(2,3)4;/h1-6,11-12H,7-10,13-14H2;1,3-6H,7-11H2;1-4,12H,5-8H2;2*1-3H,4,6H2;1H,3H2;1-3H;;1H. The number of imidazole rings is 1. The average Bonchev–Trinajstić information content (AvgIpc) is 1.76. The van der Waals surface area contributed by atoms with Crippen LogP contribution in [0, 0.1) is 24.7 Å². The number of alkyl halides is 1. The Balaban J connectivity index is 0.000000185. The fraction of sp³-hybridized carbons (Fsp3) is 0.300. The topological polar surface area (TPSA) is 285 Å². The number of anilines is 3. The maximum atomic E-state index is 10.8. The highest BCUT2D eigenvalue weighted by Crippen LogP contribution is 2.31. The molecule has 3 fully saturated rings. The molecule has 0 atom stereocenters. The van der Waals surface area contributed by atoms with E-state index in [0.717, 1.165) is 136 Å². The molecule has 0 spiro atoms. The molecule has 5 N–H and O–H groups in total. The van der Waals surface area contributed by atoms with Crippen molar-refractivity contribution >= 4 is 182 Å². The lowest BCUT2D eigenvalue weighted by molar-refractivity contribution is 0.243. The molecule has 95 heavy (non-hydrogen) atoms. The number of hydrogen-bond donors (Lipinski definition) is 3. The highest BCUT2D eigenvalue weighted by Gasteiger charge is 2.22. The molecular formula is C60H69BrCl3N19O4S8. The van der Waals surface area contributed by atoms with E-state index in [1.54, 1.807) is 68.0 Å². The van der Waals surface area contributed by atoms with Crippen molar-refractivity contribution in [3.63, 3.8) is 0 Å². The van der Waals surface area contributed by atoms with Crippen molar-refractivity contribution in [1.82, 2.24) is 54.0 Å². The number of benzene rings is 3. The van der Waals surface area contributed by atoms with E-state index >= 15 is 0 Å². The summed E-state index contributed by atoms with van der Waals surface area (Å²) in [4.78, 5) is 35.5. The van der Waals surface area contributed by atoms with E-state index in [-0.39, 0.29) is 12.4 Å². The van der Waals surface area contributed by atoms with Gasteiger partial charge in [-0.05, 0) is 76.3 Å². The van der Waals surface area contributed by atoms with Crippen molar-refractivity contribution in [3.05, 3.63) is 181 Å². The molecule has 3 aliphatic rings. The fourth-order valence-corrected chi connectivity index (χ4v) is 14.3. The van der Waals surface area contributed by atoms with Gasteiger partial charge in [0, 0.05) is 151 Å². The van der Waals surface area contributed by atoms with E-state index in [9.17, 15) is 8.42 Å². The molecular weight excluding hydrogens is 1490 g/mol. The van der Waals surface area contributed by atoms with Crippen molar-refractivity contribution in [2.45, 2.75) is 26.2 Å². The Hall–Kier alpha value is -6.34. The molecule has 23 nitrogen and oxygen atoms in total. The number of nitrogens with one attached hydrogen (secondary N) is 1. The number of fused-ring (bicyclic) bond motifs is 3. The molecule has 0 bridgehead atoms. The second-order valence-corrected chi connectivity index (χ2v) is 31.5. The molecule has 14 rings (SSSR count). The molecule has 0 aliphatic carbocycles. The van der Waals surface area contributed by atoms with Crippen LogP contribution in [-0.4, -0.2) is 156 Å². The molecule has 35 heteroatoms. The van der Waals surface area contributed by atoms with Crippen LogP contribution in [0.15, 0.2) is 155 Å². The van der Waals surface area contributed by atoms with Gasteiger partial charge in [0.15, 0.2) is 15.4 Å². The minimum Gasteiger partial charge on any atom is -0.346 e. The van der Waals surface area contributed by atoms with E-state index < -0.39 is 18.5 Å². The summed E-state index contributed by atoms with van der Waals surface area (Å²) in [5.41, 5.74) is 23.0. The first kappa shape index (κ1) is 77.7. The Morgan fingerprint density at radius 3 is 1.42 bits per heavy atom. The number of piperazine rings is 3. The van der Waals surface area contributed by atoms with Gasteiger partial charge in [0.2, 0.25) is 0 Å². The number of terminal acetylenes is 2. The third-order valence-electron chi connectivity index (χ3n) is 13.3. The van der Waals surface area contributed by atoms with Gasteiger partial charge in [0.25, 0.3) is 0 Å². The van der Waals surface area contributed by atoms with Crippen LogP contribution in [-0.2, 0) is 44.7 Å². The fourth-order valence-electron chi connectivity index (χ4n) is 8.81. The number of hydrogen-bond acceptors (Lipinski definition) is 24. The van der Waals surface area contributed by atoms with Crippen LogP contribution >= 0.6 is 118 Å². The van der Waals surface area contributed by atoms with Crippen molar-refractivity contribution in [2.24, 2.45) is 16.0 Å². The van der Waals surface area contributed by atoms with Crippen molar-refractivity contribution in [3.8, 4) is 24.7 Å². The normalized spacial score (nSPS) is 13.8. The molecule has 11 aromatic rings. The second-order valence-electron chi connectivity index (χ2n) is 19.6. The Bertz CT molecular complexity index is 4170. The smallest absolute Gasteiger partial charge is 0.329 e. The monoisotopic (exact) mass is 1560 g/mol. The Labute approximate surface area is 600 Å². The highest BCUT2D eigenvalue weighted by molar-refractivity contribution is 9.09. The number of thiazole rings is 3. The van der Waals surface area contributed by atoms with Crippen LogP contribution in [0.2, 0.25) is 0 Å². The Morgan fingerprint density at radius 1 is 0.621 bits per heavy atom. The van der Waals surface area contributed by atoms with Crippen molar-refractivity contribution < 1.29 is 16.8 Å². The van der Waals surface area contributed by atoms with E-state index in [1.165, 1.54) is 46.8 Å². The lowest BCUT2D eigenvalue weighted by Crippen LogP contribution is -2.46.